The van der Waals surface area contributed by atoms with Gasteiger partial charge in [-0.3, -0.25) is 0 Å². The summed E-state index contributed by atoms with van der Waals surface area (Å²) >= 11 is 3.13. The minimum absolute atomic E-state index is 0.295. The lowest BCUT2D eigenvalue weighted by Crippen LogP contribution is -2.00. The van der Waals surface area contributed by atoms with Gasteiger partial charge in [0.25, 0.3) is 0 Å². The molecule has 0 aliphatic heterocycles. The molecule has 90 valence electrons. The molecule has 1 N–H and O–H groups in total. The number of rotatable bonds is 3. The molecule has 0 radical (unpaired) electrons. The highest BCUT2D eigenvalue weighted by atomic mass is 79.9. The second-order valence-corrected chi connectivity index (χ2v) is 4.50. The highest BCUT2D eigenvalue weighted by Gasteiger charge is 2.01. The summed E-state index contributed by atoms with van der Waals surface area (Å²) in [7, 11) is 0. The third-order valence-corrected chi connectivity index (χ3v) is 2.96. The van der Waals surface area contributed by atoms with Gasteiger partial charge >= 0.3 is 0 Å². The van der Waals surface area contributed by atoms with Crippen molar-refractivity contribution in [3.63, 3.8) is 0 Å². The van der Waals surface area contributed by atoms with Crippen molar-refractivity contribution in [1.82, 2.24) is 4.98 Å². The predicted molar refractivity (Wildman–Crippen MR) is 70.4 cm³/mol. The predicted octanol–water partition coefficient (Wildman–Crippen LogP) is 3.47. The van der Waals surface area contributed by atoms with Crippen LogP contribution in [0.15, 0.2) is 41.0 Å². The molecule has 0 aliphatic rings. The molecule has 0 spiro atoms. The van der Waals surface area contributed by atoms with Crippen molar-refractivity contribution >= 4 is 21.6 Å². The number of aromatic nitrogens is 1. The molecule has 0 bridgehead atoms. The molecule has 0 amide bonds. The molecular weight excluding hydrogens is 297 g/mol. The molecule has 0 atom stereocenters. The molecule has 1 aromatic heterocycles. The number of hydrogen-bond donors (Lipinski definition) is 1. The number of hydrogen-bond acceptors (Lipinski definition) is 3. The Balaban J connectivity index is 2.07. The van der Waals surface area contributed by atoms with E-state index in [0.29, 0.717) is 16.7 Å². The van der Waals surface area contributed by atoms with Crippen LogP contribution in [0.3, 0.4) is 0 Å². The second-order valence-electron chi connectivity index (χ2n) is 3.64. The van der Waals surface area contributed by atoms with Gasteiger partial charge in [-0.15, -0.1) is 0 Å². The van der Waals surface area contributed by atoms with E-state index in [1.165, 1.54) is 6.07 Å². The number of pyridine rings is 1. The van der Waals surface area contributed by atoms with Crippen LogP contribution in [-0.4, -0.2) is 4.98 Å². The highest BCUT2D eigenvalue weighted by molar-refractivity contribution is 9.10. The van der Waals surface area contributed by atoms with Gasteiger partial charge in [-0.2, -0.15) is 5.26 Å². The summed E-state index contributed by atoms with van der Waals surface area (Å²) in [5.74, 6) is -0.295. The first kappa shape index (κ1) is 12.5. The van der Waals surface area contributed by atoms with Gasteiger partial charge in [-0.05, 0) is 51.8 Å². The van der Waals surface area contributed by atoms with Crippen LogP contribution in [-0.2, 0) is 6.54 Å². The fourth-order valence-corrected chi connectivity index (χ4v) is 1.83. The Morgan fingerprint density at radius 3 is 2.89 bits per heavy atom. The van der Waals surface area contributed by atoms with Crippen LogP contribution in [0.2, 0.25) is 0 Å². The van der Waals surface area contributed by atoms with Gasteiger partial charge in [-0.1, -0.05) is 0 Å². The van der Waals surface area contributed by atoms with Crippen molar-refractivity contribution < 1.29 is 4.39 Å². The Morgan fingerprint density at radius 1 is 1.33 bits per heavy atom. The normalized spacial score (nSPS) is 9.83. The van der Waals surface area contributed by atoms with E-state index in [1.54, 1.807) is 24.4 Å². The maximum Gasteiger partial charge on any atom is 0.140 e. The van der Waals surface area contributed by atoms with Crippen molar-refractivity contribution in [2.24, 2.45) is 0 Å². The summed E-state index contributed by atoms with van der Waals surface area (Å²) < 4.78 is 13.5. The first-order valence-corrected chi connectivity index (χ1v) is 6.02. The Labute approximate surface area is 112 Å². The topological polar surface area (TPSA) is 48.7 Å². The van der Waals surface area contributed by atoms with Gasteiger partial charge in [0, 0.05) is 18.4 Å². The fraction of sp³-hybridized carbons (Fsp3) is 0.0769. The average Bonchev–Trinajstić information content (AvgIpc) is 2.40. The molecule has 18 heavy (non-hydrogen) atoms. The molecule has 0 aliphatic carbocycles. The zero-order valence-electron chi connectivity index (χ0n) is 9.32. The van der Waals surface area contributed by atoms with Crippen LogP contribution < -0.4 is 5.32 Å². The molecule has 0 fully saturated rings. The fourth-order valence-electron chi connectivity index (χ4n) is 1.46. The summed E-state index contributed by atoms with van der Waals surface area (Å²) in [6.07, 6.45) is 1.59. The van der Waals surface area contributed by atoms with Crippen molar-refractivity contribution in [3.05, 3.63) is 58.1 Å². The first-order valence-electron chi connectivity index (χ1n) is 5.23. The third-order valence-electron chi connectivity index (χ3n) is 2.36. The lowest BCUT2D eigenvalue weighted by atomic mass is 10.2. The van der Waals surface area contributed by atoms with Crippen LogP contribution in [0, 0.1) is 17.1 Å². The second kappa shape index (κ2) is 5.61. The molecule has 2 aromatic rings. The minimum atomic E-state index is -0.295. The minimum Gasteiger partial charge on any atom is -0.381 e. The van der Waals surface area contributed by atoms with E-state index < -0.39 is 0 Å². The van der Waals surface area contributed by atoms with Crippen LogP contribution in [0.1, 0.15) is 11.3 Å². The summed E-state index contributed by atoms with van der Waals surface area (Å²) in [5, 5.41) is 11.9. The van der Waals surface area contributed by atoms with Crippen LogP contribution in [0.5, 0.6) is 0 Å². The number of nitrogens with zero attached hydrogens (tertiary/aromatic N) is 2. The van der Waals surface area contributed by atoms with E-state index >= 15 is 0 Å². The van der Waals surface area contributed by atoms with Crippen LogP contribution in [0.25, 0.3) is 0 Å². The lowest BCUT2D eigenvalue weighted by Gasteiger charge is -2.07. The lowest BCUT2D eigenvalue weighted by molar-refractivity contribution is 0.621. The SMILES string of the molecule is N#Cc1cc(CNc2ccc(F)c(Br)c2)ccn1. The van der Waals surface area contributed by atoms with Crippen molar-refractivity contribution in [2.45, 2.75) is 6.54 Å². The van der Waals surface area contributed by atoms with Crippen molar-refractivity contribution in [1.29, 1.82) is 5.26 Å². The molecule has 0 saturated heterocycles. The molecule has 3 nitrogen and oxygen atoms in total. The summed E-state index contributed by atoms with van der Waals surface area (Å²) in [5.41, 5.74) is 2.13. The number of nitrogens with one attached hydrogen (secondary N) is 1. The first-order chi connectivity index (χ1) is 8.69. The van der Waals surface area contributed by atoms with E-state index in [4.69, 9.17) is 5.26 Å². The van der Waals surface area contributed by atoms with E-state index in [9.17, 15) is 4.39 Å². The average molecular weight is 306 g/mol. The van der Waals surface area contributed by atoms with E-state index in [0.717, 1.165) is 11.3 Å². The summed E-state index contributed by atoms with van der Waals surface area (Å²) in [6.45, 7) is 0.551. The maximum absolute atomic E-state index is 13.0. The number of nitriles is 1. The van der Waals surface area contributed by atoms with E-state index in [1.807, 2.05) is 12.1 Å². The van der Waals surface area contributed by atoms with Gasteiger partial charge in [0.15, 0.2) is 0 Å². The van der Waals surface area contributed by atoms with Crippen molar-refractivity contribution in [2.75, 3.05) is 5.32 Å². The van der Waals surface area contributed by atoms with Crippen LogP contribution in [0.4, 0.5) is 10.1 Å². The smallest absolute Gasteiger partial charge is 0.140 e. The highest BCUT2D eigenvalue weighted by Crippen LogP contribution is 2.20. The van der Waals surface area contributed by atoms with Gasteiger partial charge in [-0.25, -0.2) is 9.37 Å². The quantitative estimate of drug-likeness (QED) is 0.944. The molecular formula is C13H9BrFN3. The van der Waals surface area contributed by atoms with Gasteiger partial charge in [0.1, 0.15) is 17.6 Å². The van der Waals surface area contributed by atoms with Gasteiger partial charge < -0.3 is 5.32 Å². The van der Waals surface area contributed by atoms with Gasteiger partial charge in [0.05, 0.1) is 4.47 Å². The molecule has 0 saturated carbocycles. The largest absolute Gasteiger partial charge is 0.381 e. The Hall–Kier alpha value is -1.93. The molecule has 5 heteroatoms. The summed E-state index contributed by atoms with van der Waals surface area (Å²) in [6, 6.07) is 10.2. The third kappa shape index (κ3) is 3.05. The van der Waals surface area contributed by atoms with Crippen LogP contribution >= 0.6 is 15.9 Å². The Morgan fingerprint density at radius 2 is 2.17 bits per heavy atom. The summed E-state index contributed by atoms with van der Waals surface area (Å²) in [4.78, 5) is 3.89. The monoisotopic (exact) mass is 305 g/mol. The zero-order valence-corrected chi connectivity index (χ0v) is 10.9. The van der Waals surface area contributed by atoms with Gasteiger partial charge in [0.2, 0.25) is 0 Å². The number of benzene rings is 1. The molecule has 1 heterocycles. The Kier molecular flexibility index (Phi) is 3.90. The standard InChI is InChI=1S/C13H9BrFN3/c14-12-6-10(1-2-13(12)15)18-8-9-3-4-17-11(5-9)7-16/h1-6,18H,8H2. The zero-order chi connectivity index (χ0) is 13.0. The molecule has 2 rings (SSSR count). The molecule has 1 aromatic carbocycles. The molecule has 0 unspecified atom stereocenters. The van der Waals surface area contributed by atoms with E-state index in [-0.39, 0.29) is 5.82 Å². The van der Waals surface area contributed by atoms with E-state index in [2.05, 4.69) is 26.2 Å². The maximum atomic E-state index is 13.0. The van der Waals surface area contributed by atoms with Crippen molar-refractivity contribution in [3.8, 4) is 6.07 Å². The number of anilines is 1. The Bertz CT molecular complexity index is 607. The number of halogens is 2.